The zero-order chi connectivity index (χ0) is 14.5. The van der Waals surface area contributed by atoms with Crippen LogP contribution >= 0.6 is 11.6 Å². The highest BCUT2D eigenvalue weighted by molar-refractivity contribution is 6.30. The number of piperidine rings is 1. The molecular formula is C15H16ClNO3. The molecule has 1 N–H and O–H groups in total. The molecular weight excluding hydrogens is 278 g/mol. The van der Waals surface area contributed by atoms with Crippen molar-refractivity contribution in [3.8, 4) is 0 Å². The number of amides is 1. The topological polar surface area (TPSA) is 57.6 Å². The molecule has 1 heterocycles. The van der Waals surface area contributed by atoms with Crippen LogP contribution in [0.3, 0.4) is 0 Å². The summed E-state index contributed by atoms with van der Waals surface area (Å²) in [4.78, 5) is 24.7. The van der Waals surface area contributed by atoms with Gasteiger partial charge in [-0.2, -0.15) is 0 Å². The standard InChI is InChI=1S/C15H16ClNO3/c16-12-7-4-11(5-8-12)6-9-14(18)17-10-2-1-3-13(17)15(19)20/h4-9,13H,1-3,10H2,(H,19,20)/b9-6-/t13-/m0/s1. The molecule has 0 radical (unpaired) electrons. The predicted molar refractivity (Wildman–Crippen MR) is 77.5 cm³/mol. The molecule has 1 atom stereocenters. The summed E-state index contributed by atoms with van der Waals surface area (Å²) in [5.41, 5.74) is 0.853. The first kappa shape index (κ1) is 14.6. The largest absolute Gasteiger partial charge is 0.480 e. The Kier molecular flexibility index (Phi) is 4.79. The molecule has 2 rings (SSSR count). The minimum Gasteiger partial charge on any atom is -0.480 e. The van der Waals surface area contributed by atoms with Crippen LogP contribution in [0.25, 0.3) is 6.08 Å². The van der Waals surface area contributed by atoms with Crippen molar-refractivity contribution >= 4 is 29.6 Å². The van der Waals surface area contributed by atoms with Gasteiger partial charge in [0.15, 0.2) is 0 Å². The van der Waals surface area contributed by atoms with Crippen LogP contribution in [0.15, 0.2) is 30.3 Å². The van der Waals surface area contributed by atoms with E-state index in [1.165, 1.54) is 11.0 Å². The van der Waals surface area contributed by atoms with Gasteiger partial charge in [0.25, 0.3) is 0 Å². The van der Waals surface area contributed by atoms with Crippen molar-refractivity contribution in [1.82, 2.24) is 4.90 Å². The van der Waals surface area contributed by atoms with Crippen LogP contribution in [0.2, 0.25) is 5.02 Å². The maximum absolute atomic E-state index is 12.1. The number of carbonyl (C=O) groups excluding carboxylic acids is 1. The second-order valence-electron chi connectivity index (χ2n) is 4.77. The van der Waals surface area contributed by atoms with Crippen LogP contribution in [-0.4, -0.2) is 34.5 Å². The highest BCUT2D eigenvalue weighted by Crippen LogP contribution is 2.18. The van der Waals surface area contributed by atoms with E-state index in [2.05, 4.69) is 0 Å². The Hall–Kier alpha value is -1.81. The molecule has 1 fully saturated rings. The third kappa shape index (κ3) is 3.61. The van der Waals surface area contributed by atoms with Gasteiger partial charge in [-0.05, 0) is 43.0 Å². The van der Waals surface area contributed by atoms with Crippen LogP contribution in [0.5, 0.6) is 0 Å². The van der Waals surface area contributed by atoms with Crippen molar-refractivity contribution in [1.29, 1.82) is 0 Å². The monoisotopic (exact) mass is 293 g/mol. The fourth-order valence-corrected chi connectivity index (χ4v) is 2.42. The Morgan fingerprint density at radius 3 is 2.60 bits per heavy atom. The lowest BCUT2D eigenvalue weighted by molar-refractivity contribution is -0.150. The second kappa shape index (κ2) is 6.57. The van der Waals surface area contributed by atoms with Crippen LogP contribution < -0.4 is 0 Å². The molecule has 106 valence electrons. The maximum Gasteiger partial charge on any atom is 0.326 e. The molecule has 1 aliphatic rings. The summed E-state index contributed by atoms with van der Waals surface area (Å²) < 4.78 is 0. The van der Waals surface area contributed by atoms with Gasteiger partial charge in [0.2, 0.25) is 5.91 Å². The van der Waals surface area contributed by atoms with Crippen molar-refractivity contribution in [2.24, 2.45) is 0 Å². The minimum absolute atomic E-state index is 0.257. The molecule has 1 amide bonds. The third-order valence-corrected chi connectivity index (χ3v) is 3.61. The molecule has 1 aromatic rings. The Bertz CT molecular complexity index is 524. The van der Waals surface area contributed by atoms with Gasteiger partial charge in [-0.25, -0.2) is 4.79 Å². The van der Waals surface area contributed by atoms with Crippen LogP contribution in [0, 0.1) is 0 Å². The smallest absolute Gasteiger partial charge is 0.326 e. The van der Waals surface area contributed by atoms with Crippen molar-refractivity contribution in [3.05, 3.63) is 40.9 Å². The van der Waals surface area contributed by atoms with E-state index >= 15 is 0 Å². The summed E-state index contributed by atoms with van der Waals surface area (Å²) in [5, 5.41) is 9.78. The highest BCUT2D eigenvalue weighted by atomic mass is 35.5. The Morgan fingerprint density at radius 2 is 1.95 bits per heavy atom. The van der Waals surface area contributed by atoms with Crippen molar-refractivity contribution in [2.45, 2.75) is 25.3 Å². The number of carboxylic acid groups (broad SMARTS) is 1. The van der Waals surface area contributed by atoms with Crippen molar-refractivity contribution in [3.63, 3.8) is 0 Å². The van der Waals surface area contributed by atoms with E-state index in [9.17, 15) is 9.59 Å². The lowest BCUT2D eigenvalue weighted by Gasteiger charge is -2.32. The molecule has 5 heteroatoms. The third-order valence-electron chi connectivity index (χ3n) is 3.36. The summed E-state index contributed by atoms with van der Waals surface area (Å²) in [5.74, 6) is -1.19. The number of carboxylic acids is 1. The van der Waals surface area contributed by atoms with Crippen molar-refractivity contribution in [2.75, 3.05) is 6.54 Å². The molecule has 1 aromatic carbocycles. The van der Waals surface area contributed by atoms with E-state index in [-0.39, 0.29) is 5.91 Å². The Balaban J connectivity index is 2.06. The fourth-order valence-electron chi connectivity index (χ4n) is 2.29. The lowest BCUT2D eigenvalue weighted by atomic mass is 10.0. The molecule has 0 aliphatic carbocycles. The average Bonchev–Trinajstić information content (AvgIpc) is 2.46. The molecule has 0 bridgehead atoms. The summed E-state index contributed by atoms with van der Waals surface area (Å²) in [7, 11) is 0. The van der Waals surface area contributed by atoms with Gasteiger partial charge in [-0.15, -0.1) is 0 Å². The summed E-state index contributed by atoms with van der Waals surface area (Å²) >= 11 is 5.79. The molecule has 1 aliphatic heterocycles. The number of aliphatic carboxylic acids is 1. The molecule has 4 nitrogen and oxygen atoms in total. The number of rotatable bonds is 3. The van der Waals surface area contributed by atoms with Crippen molar-refractivity contribution < 1.29 is 14.7 Å². The number of hydrogen-bond acceptors (Lipinski definition) is 2. The van der Waals surface area contributed by atoms with Crippen LogP contribution in [0.1, 0.15) is 24.8 Å². The van der Waals surface area contributed by atoms with E-state index in [0.717, 1.165) is 18.4 Å². The molecule has 0 saturated carbocycles. The van der Waals surface area contributed by atoms with Crippen LogP contribution in [0.4, 0.5) is 0 Å². The number of likely N-dealkylation sites (tertiary alicyclic amines) is 1. The summed E-state index contributed by atoms with van der Waals surface area (Å²) in [6.45, 7) is 0.501. The first-order valence-corrected chi connectivity index (χ1v) is 6.93. The van der Waals surface area contributed by atoms with Gasteiger partial charge in [0.05, 0.1) is 0 Å². The normalized spacial score (nSPS) is 19.2. The van der Waals surface area contributed by atoms with Gasteiger partial charge < -0.3 is 10.0 Å². The first-order chi connectivity index (χ1) is 9.58. The van der Waals surface area contributed by atoms with Gasteiger partial charge in [-0.3, -0.25) is 4.79 Å². The zero-order valence-corrected chi connectivity index (χ0v) is 11.7. The minimum atomic E-state index is -0.932. The van der Waals surface area contributed by atoms with E-state index < -0.39 is 12.0 Å². The van der Waals surface area contributed by atoms with Gasteiger partial charge in [0.1, 0.15) is 6.04 Å². The number of hydrogen-bond donors (Lipinski definition) is 1. The Labute approximate surface area is 122 Å². The fraction of sp³-hybridized carbons (Fsp3) is 0.333. The maximum atomic E-state index is 12.1. The Morgan fingerprint density at radius 1 is 1.25 bits per heavy atom. The van der Waals surface area contributed by atoms with Gasteiger partial charge >= 0.3 is 5.97 Å². The number of halogens is 1. The lowest BCUT2D eigenvalue weighted by Crippen LogP contribution is -2.47. The molecule has 0 unspecified atom stereocenters. The molecule has 0 spiro atoms. The highest BCUT2D eigenvalue weighted by Gasteiger charge is 2.30. The molecule has 1 saturated heterocycles. The number of benzene rings is 1. The molecule has 0 aromatic heterocycles. The van der Waals surface area contributed by atoms with E-state index in [1.807, 2.05) is 0 Å². The predicted octanol–water partition coefficient (Wildman–Crippen LogP) is 2.82. The van der Waals surface area contributed by atoms with E-state index in [4.69, 9.17) is 16.7 Å². The quantitative estimate of drug-likeness (QED) is 0.872. The van der Waals surface area contributed by atoms with Gasteiger partial charge in [-0.1, -0.05) is 23.7 Å². The van der Waals surface area contributed by atoms with Crippen LogP contribution in [-0.2, 0) is 9.59 Å². The molecule has 20 heavy (non-hydrogen) atoms. The van der Waals surface area contributed by atoms with E-state index in [0.29, 0.717) is 18.0 Å². The first-order valence-electron chi connectivity index (χ1n) is 6.55. The SMILES string of the molecule is O=C(O)[C@@H]1CCCCN1C(=O)/C=C\c1ccc(Cl)cc1. The van der Waals surface area contributed by atoms with E-state index in [1.54, 1.807) is 30.3 Å². The zero-order valence-electron chi connectivity index (χ0n) is 11.0. The number of carbonyl (C=O) groups is 2. The summed E-state index contributed by atoms with van der Waals surface area (Å²) in [6, 6.07) is 6.39. The number of nitrogens with zero attached hydrogens (tertiary/aromatic N) is 1. The average molecular weight is 294 g/mol. The summed E-state index contributed by atoms with van der Waals surface area (Å²) in [6.07, 6.45) is 5.32. The second-order valence-corrected chi connectivity index (χ2v) is 5.20. The van der Waals surface area contributed by atoms with Gasteiger partial charge in [0, 0.05) is 17.6 Å².